The first kappa shape index (κ1) is 14.4. The highest BCUT2D eigenvalue weighted by Crippen LogP contribution is 2.10. The molecule has 15 heavy (non-hydrogen) atoms. The van der Waals surface area contributed by atoms with Crippen molar-refractivity contribution < 1.29 is 0 Å². The van der Waals surface area contributed by atoms with Crippen molar-refractivity contribution in [3.63, 3.8) is 0 Å². The SMILES string of the molecule is CCCN(CC)CCCC(C)(C#N)NC. The fourth-order valence-corrected chi connectivity index (χ4v) is 1.64. The smallest absolute Gasteiger partial charge is 0.103 e. The summed E-state index contributed by atoms with van der Waals surface area (Å²) in [4.78, 5) is 2.44. The summed E-state index contributed by atoms with van der Waals surface area (Å²) in [7, 11) is 1.85. The summed E-state index contributed by atoms with van der Waals surface area (Å²) in [6.45, 7) is 9.73. The predicted octanol–water partition coefficient (Wildman–Crippen LogP) is 2.00. The Morgan fingerprint density at radius 1 is 1.33 bits per heavy atom. The Labute approximate surface area is 94.5 Å². The van der Waals surface area contributed by atoms with Gasteiger partial charge in [-0.05, 0) is 52.9 Å². The van der Waals surface area contributed by atoms with E-state index in [1.807, 2.05) is 14.0 Å². The van der Waals surface area contributed by atoms with Crippen molar-refractivity contribution in [1.29, 1.82) is 5.26 Å². The molecule has 0 aromatic carbocycles. The lowest BCUT2D eigenvalue weighted by atomic mass is 9.98. The highest BCUT2D eigenvalue weighted by Gasteiger charge is 2.20. The Balaban J connectivity index is 3.81. The van der Waals surface area contributed by atoms with E-state index < -0.39 is 0 Å². The van der Waals surface area contributed by atoms with Crippen LogP contribution in [0.2, 0.25) is 0 Å². The van der Waals surface area contributed by atoms with Gasteiger partial charge in [0.05, 0.1) is 6.07 Å². The highest BCUT2D eigenvalue weighted by molar-refractivity contribution is 5.02. The topological polar surface area (TPSA) is 39.1 Å². The van der Waals surface area contributed by atoms with Gasteiger partial charge in [0, 0.05) is 0 Å². The van der Waals surface area contributed by atoms with E-state index in [-0.39, 0.29) is 5.54 Å². The van der Waals surface area contributed by atoms with Crippen molar-refractivity contribution in [3.05, 3.63) is 0 Å². The van der Waals surface area contributed by atoms with Gasteiger partial charge >= 0.3 is 0 Å². The van der Waals surface area contributed by atoms with E-state index in [2.05, 4.69) is 30.1 Å². The Morgan fingerprint density at radius 2 is 2.00 bits per heavy atom. The zero-order valence-corrected chi connectivity index (χ0v) is 10.6. The number of nitrogens with zero attached hydrogens (tertiary/aromatic N) is 2. The van der Waals surface area contributed by atoms with E-state index in [4.69, 9.17) is 5.26 Å². The first-order valence-electron chi connectivity index (χ1n) is 5.94. The second-order valence-electron chi connectivity index (χ2n) is 4.23. The van der Waals surface area contributed by atoms with Crippen LogP contribution in [0.1, 0.15) is 40.0 Å². The minimum atomic E-state index is -0.356. The van der Waals surface area contributed by atoms with Gasteiger partial charge in [0.1, 0.15) is 5.54 Å². The maximum absolute atomic E-state index is 8.98. The third kappa shape index (κ3) is 5.76. The molecule has 0 aromatic heterocycles. The Kier molecular flexibility index (Phi) is 7.37. The van der Waals surface area contributed by atoms with E-state index in [1.54, 1.807) is 0 Å². The molecule has 0 heterocycles. The number of nitriles is 1. The molecule has 1 unspecified atom stereocenters. The number of hydrogen-bond donors (Lipinski definition) is 1. The van der Waals surface area contributed by atoms with Gasteiger partial charge in [0.2, 0.25) is 0 Å². The molecule has 3 nitrogen and oxygen atoms in total. The highest BCUT2D eigenvalue weighted by atomic mass is 15.1. The minimum absolute atomic E-state index is 0.356. The second-order valence-corrected chi connectivity index (χ2v) is 4.23. The standard InChI is InChI=1S/C12H25N3/c1-5-9-15(6-2)10-7-8-12(3,11-13)14-4/h14H,5-10H2,1-4H3. The van der Waals surface area contributed by atoms with Crippen LogP contribution < -0.4 is 5.32 Å². The van der Waals surface area contributed by atoms with Crippen LogP contribution in [0.5, 0.6) is 0 Å². The summed E-state index contributed by atoms with van der Waals surface area (Å²) in [5.74, 6) is 0. The van der Waals surface area contributed by atoms with Gasteiger partial charge in [-0.1, -0.05) is 13.8 Å². The quantitative estimate of drug-likeness (QED) is 0.667. The molecule has 0 aliphatic rings. The molecule has 0 radical (unpaired) electrons. The molecule has 0 rings (SSSR count). The number of hydrogen-bond acceptors (Lipinski definition) is 3. The van der Waals surface area contributed by atoms with E-state index in [0.717, 1.165) is 25.9 Å². The van der Waals surface area contributed by atoms with Crippen LogP contribution in [0.15, 0.2) is 0 Å². The van der Waals surface area contributed by atoms with E-state index >= 15 is 0 Å². The third-order valence-corrected chi connectivity index (χ3v) is 2.94. The molecule has 0 bridgehead atoms. The van der Waals surface area contributed by atoms with Crippen LogP contribution in [0.3, 0.4) is 0 Å². The average molecular weight is 211 g/mol. The predicted molar refractivity (Wildman–Crippen MR) is 64.7 cm³/mol. The summed E-state index contributed by atoms with van der Waals surface area (Å²) in [6, 6.07) is 2.32. The van der Waals surface area contributed by atoms with Crippen molar-refractivity contribution in [1.82, 2.24) is 10.2 Å². The first-order chi connectivity index (χ1) is 7.11. The first-order valence-corrected chi connectivity index (χ1v) is 5.94. The Bertz CT molecular complexity index is 198. The number of rotatable bonds is 8. The van der Waals surface area contributed by atoms with Gasteiger partial charge in [0.15, 0.2) is 0 Å². The van der Waals surface area contributed by atoms with Crippen molar-refractivity contribution in [2.24, 2.45) is 0 Å². The van der Waals surface area contributed by atoms with Crippen molar-refractivity contribution >= 4 is 0 Å². The van der Waals surface area contributed by atoms with Crippen LogP contribution in [0.4, 0.5) is 0 Å². The van der Waals surface area contributed by atoms with Crippen LogP contribution in [-0.2, 0) is 0 Å². The van der Waals surface area contributed by atoms with E-state index in [1.165, 1.54) is 13.0 Å². The minimum Gasteiger partial charge on any atom is -0.304 e. The normalized spacial score (nSPS) is 14.9. The maximum Gasteiger partial charge on any atom is 0.103 e. The monoisotopic (exact) mass is 211 g/mol. The zero-order chi connectivity index (χ0) is 11.7. The van der Waals surface area contributed by atoms with E-state index in [9.17, 15) is 0 Å². The molecule has 0 aromatic rings. The van der Waals surface area contributed by atoms with Crippen LogP contribution in [0.25, 0.3) is 0 Å². The van der Waals surface area contributed by atoms with Crippen LogP contribution >= 0.6 is 0 Å². The van der Waals surface area contributed by atoms with Crippen LogP contribution in [0, 0.1) is 11.3 Å². The van der Waals surface area contributed by atoms with Crippen LogP contribution in [-0.4, -0.2) is 37.1 Å². The molecule has 3 heteroatoms. The molecule has 0 aliphatic heterocycles. The maximum atomic E-state index is 8.98. The average Bonchev–Trinajstić information content (AvgIpc) is 2.27. The molecule has 0 amide bonds. The molecule has 0 fully saturated rings. The summed E-state index contributed by atoms with van der Waals surface area (Å²) in [5, 5.41) is 12.1. The van der Waals surface area contributed by atoms with Crippen molar-refractivity contribution in [2.75, 3.05) is 26.7 Å². The molecule has 1 N–H and O–H groups in total. The molecular formula is C12H25N3. The Hall–Kier alpha value is -0.590. The van der Waals surface area contributed by atoms with Gasteiger partial charge in [-0.25, -0.2) is 0 Å². The lowest BCUT2D eigenvalue weighted by Gasteiger charge is -2.24. The second kappa shape index (κ2) is 7.67. The van der Waals surface area contributed by atoms with Gasteiger partial charge < -0.3 is 10.2 Å². The molecule has 1 atom stereocenters. The molecule has 0 saturated heterocycles. The van der Waals surface area contributed by atoms with Gasteiger partial charge in [-0.15, -0.1) is 0 Å². The van der Waals surface area contributed by atoms with Gasteiger partial charge in [0.25, 0.3) is 0 Å². The third-order valence-electron chi connectivity index (χ3n) is 2.94. The summed E-state index contributed by atoms with van der Waals surface area (Å²) >= 11 is 0. The summed E-state index contributed by atoms with van der Waals surface area (Å²) < 4.78 is 0. The van der Waals surface area contributed by atoms with Gasteiger partial charge in [-0.2, -0.15) is 5.26 Å². The van der Waals surface area contributed by atoms with Gasteiger partial charge in [-0.3, -0.25) is 0 Å². The number of nitrogens with one attached hydrogen (secondary N) is 1. The molecule has 0 aliphatic carbocycles. The van der Waals surface area contributed by atoms with Crippen molar-refractivity contribution in [3.8, 4) is 6.07 Å². The fraction of sp³-hybridized carbons (Fsp3) is 0.917. The zero-order valence-electron chi connectivity index (χ0n) is 10.6. The van der Waals surface area contributed by atoms with Crippen molar-refractivity contribution in [2.45, 2.75) is 45.6 Å². The van der Waals surface area contributed by atoms with E-state index in [0.29, 0.717) is 0 Å². The fourth-order valence-electron chi connectivity index (χ4n) is 1.64. The summed E-state index contributed by atoms with van der Waals surface area (Å²) in [5.41, 5.74) is -0.356. The lowest BCUT2D eigenvalue weighted by Crippen LogP contribution is -2.39. The lowest BCUT2D eigenvalue weighted by molar-refractivity contribution is 0.271. The summed E-state index contributed by atoms with van der Waals surface area (Å²) in [6.07, 6.45) is 3.20. The Morgan fingerprint density at radius 3 is 2.40 bits per heavy atom. The molecular weight excluding hydrogens is 186 g/mol. The molecule has 88 valence electrons. The molecule has 0 spiro atoms. The largest absolute Gasteiger partial charge is 0.304 e. The molecule has 0 saturated carbocycles.